The highest BCUT2D eigenvalue weighted by atomic mass is 127. The minimum absolute atomic E-state index is 0. The van der Waals surface area contributed by atoms with Crippen LogP contribution in [0.15, 0.2) is 35.3 Å². The number of hydrogen-bond donors (Lipinski definition) is 2. The molecule has 0 aliphatic heterocycles. The molecule has 1 aromatic heterocycles. The Labute approximate surface area is 192 Å². The molecule has 1 aromatic carbocycles. The summed E-state index contributed by atoms with van der Waals surface area (Å²) in [5.41, 5.74) is 3.53. The van der Waals surface area contributed by atoms with Crippen molar-refractivity contribution in [2.45, 2.75) is 53.5 Å². The van der Waals surface area contributed by atoms with E-state index in [9.17, 15) is 0 Å². The summed E-state index contributed by atoms with van der Waals surface area (Å²) in [5.74, 6) is 1.83. The lowest BCUT2D eigenvalue weighted by molar-refractivity contribution is 0.307. The number of aromatic nitrogens is 2. The highest BCUT2D eigenvalue weighted by Gasteiger charge is 2.01. The zero-order valence-electron chi connectivity index (χ0n) is 18.2. The molecule has 0 aliphatic carbocycles. The quantitative estimate of drug-likeness (QED) is 0.204. The molecule has 0 radical (unpaired) electrons. The minimum atomic E-state index is 0. The largest absolute Gasteiger partial charge is 0.494 e. The predicted molar refractivity (Wildman–Crippen MR) is 132 cm³/mol. The fourth-order valence-corrected chi connectivity index (χ4v) is 2.91. The van der Waals surface area contributed by atoms with Gasteiger partial charge >= 0.3 is 0 Å². The van der Waals surface area contributed by atoms with E-state index in [1.165, 1.54) is 11.3 Å². The molecule has 1 heterocycles. The van der Waals surface area contributed by atoms with Gasteiger partial charge in [-0.15, -0.1) is 24.0 Å². The predicted octanol–water partition coefficient (Wildman–Crippen LogP) is 4.23. The topological polar surface area (TPSA) is 63.5 Å². The van der Waals surface area contributed by atoms with Gasteiger partial charge in [-0.2, -0.15) is 5.10 Å². The van der Waals surface area contributed by atoms with Crippen LogP contribution in [-0.2, 0) is 6.54 Å². The van der Waals surface area contributed by atoms with Gasteiger partial charge in [0.2, 0.25) is 0 Å². The molecule has 2 aromatic rings. The summed E-state index contributed by atoms with van der Waals surface area (Å²) in [6.45, 7) is 12.5. The van der Waals surface area contributed by atoms with Crippen molar-refractivity contribution < 1.29 is 4.74 Å². The van der Waals surface area contributed by atoms with Gasteiger partial charge in [0, 0.05) is 31.9 Å². The number of nitrogens with one attached hydrogen (secondary N) is 2. The molecular formula is C22H36IN5O. The third-order valence-corrected chi connectivity index (χ3v) is 4.40. The maximum absolute atomic E-state index is 5.77. The van der Waals surface area contributed by atoms with Crippen molar-refractivity contribution in [1.29, 1.82) is 0 Å². The number of nitrogens with zero attached hydrogens (tertiary/aromatic N) is 3. The number of aliphatic imine (C=N–C) groups is 1. The molecule has 2 N–H and O–H groups in total. The van der Waals surface area contributed by atoms with Gasteiger partial charge < -0.3 is 15.4 Å². The summed E-state index contributed by atoms with van der Waals surface area (Å²) in [5, 5.41) is 11.2. The first-order valence-electron chi connectivity index (χ1n) is 10.3. The Morgan fingerprint density at radius 3 is 2.48 bits per heavy atom. The molecule has 0 fully saturated rings. The Morgan fingerprint density at radius 2 is 1.83 bits per heavy atom. The maximum atomic E-state index is 5.77. The first kappa shape index (κ1) is 25.3. The SMILES string of the molecule is CCNC(=NCCCn1nc(C)cc1C)NCCCCOc1ccc(C)cc1.I. The Morgan fingerprint density at radius 1 is 1.07 bits per heavy atom. The van der Waals surface area contributed by atoms with Crippen LogP contribution < -0.4 is 15.4 Å². The van der Waals surface area contributed by atoms with Gasteiger partial charge in [-0.1, -0.05) is 17.7 Å². The fourth-order valence-electron chi connectivity index (χ4n) is 2.91. The Balaban J connectivity index is 0.00000420. The summed E-state index contributed by atoms with van der Waals surface area (Å²) in [7, 11) is 0. The van der Waals surface area contributed by atoms with Crippen LogP contribution in [0.2, 0.25) is 0 Å². The summed E-state index contributed by atoms with van der Waals surface area (Å²) < 4.78 is 7.82. The van der Waals surface area contributed by atoms with Crippen LogP contribution in [0.4, 0.5) is 0 Å². The molecular weight excluding hydrogens is 477 g/mol. The molecule has 0 unspecified atom stereocenters. The van der Waals surface area contributed by atoms with E-state index in [0.717, 1.165) is 69.5 Å². The average Bonchev–Trinajstić information content (AvgIpc) is 3.00. The van der Waals surface area contributed by atoms with Gasteiger partial charge in [0.25, 0.3) is 0 Å². The standard InChI is InChI=1S/C22H35N5O.HI/c1-5-23-22(25-14-8-15-27-20(4)17-19(3)26-27)24-13-6-7-16-28-21-11-9-18(2)10-12-21;/h9-12,17H,5-8,13-16H2,1-4H3,(H2,23,24,25);1H. The summed E-state index contributed by atoms with van der Waals surface area (Å²) in [6.07, 6.45) is 3.03. The van der Waals surface area contributed by atoms with Gasteiger partial charge in [0.1, 0.15) is 5.75 Å². The second kappa shape index (κ2) is 14.3. The number of benzene rings is 1. The molecule has 2 rings (SSSR count). The van der Waals surface area contributed by atoms with Crippen LogP contribution >= 0.6 is 24.0 Å². The third-order valence-electron chi connectivity index (χ3n) is 4.40. The minimum Gasteiger partial charge on any atom is -0.494 e. The molecule has 0 bridgehead atoms. The van der Waals surface area contributed by atoms with Crippen molar-refractivity contribution in [2.24, 2.45) is 4.99 Å². The Bertz CT molecular complexity index is 727. The summed E-state index contributed by atoms with van der Waals surface area (Å²) >= 11 is 0. The van der Waals surface area contributed by atoms with Crippen LogP contribution in [0.1, 0.15) is 43.1 Å². The number of ether oxygens (including phenoxy) is 1. The van der Waals surface area contributed by atoms with Crippen LogP contribution in [0.25, 0.3) is 0 Å². The van der Waals surface area contributed by atoms with Crippen LogP contribution in [-0.4, -0.2) is 42.0 Å². The normalized spacial score (nSPS) is 11.1. The number of hydrogen-bond acceptors (Lipinski definition) is 3. The molecule has 0 atom stereocenters. The van der Waals surface area contributed by atoms with E-state index in [1.54, 1.807) is 0 Å². The molecule has 162 valence electrons. The van der Waals surface area contributed by atoms with E-state index >= 15 is 0 Å². The van der Waals surface area contributed by atoms with Crippen molar-refractivity contribution in [3.05, 3.63) is 47.3 Å². The van der Waals surface area contributed by atoms with E-state index in [1.807, 2.05) is 19.1 Å². The van der Waals surface area contributed by atoms with Gasteiger partial charge in [-0.3, -0.25) is 9.67 Å². The molecule has 0 saturated carbocycles. The van der Waals surface area contributed by atoms with E-state index in [-0.39, 0.29) is 24.0 Å². The number of unbranched alkanes of at least 4 members (excludes halogenated alkanes) is 1. The van der Waals surface area contributed by atoms with Gasteiger partial charge in [-0.05, 0) is 65.2 Å². The van der Waals surface area contributed by atoms with E-state index < -0.39 is 0 Å². The molecule has 7 heteroatoms. The van der Waals surface area contributed by atoms with Crippen molar-refractivity contribution in [2.75, 3.05) is 26.2 Å². The number of halogens is 1. The molecule has 0 amide bonds. The first-order chi connectivity index (χ1) is 13.6. The van der Waals surface area contributed by atoms with Gasteiger partial charge in [0.05, 0.1) is 12.3 Å². The molecule has 0 aliphatic rings. The summed E-state index contributed by atoms with van der Waals surface area (Å²) in [6, 6.07) is 10.3. The number of guanidine groups is 1. The fraction of sp³-hybridized carbons (Fsp3) is 0.545. The van der Waals surface area contributed by atoms with Crippen molar-refractivity contribution >= 4 is 29.9 Å². The van der Waals surface area contributed by atoms with Gasteiger partial charge in [0.15, 0.2) is 5.96 Å². The second-order valence-corrected chi connectivity index (χ2v) is 7.06. The smallest absolute Gasteiger partial charge is 0.191 e. The van der Waals surface area contributed by atoms with E-state index in [2.05, 4.69) is 64.4 Å². The van der Waals surface area contributed by atoms with Crippen LogP contribution in [0.5, 0.6) is 5.75 Å². The van der Waals surface area contributed by atoms with E-state index in [4.69, 9.17) is 4.74 Å². The lowest BCUT2D eigenvalue weighted by Gasteiger charge is -2.12. The molecule has 0 spiro atoms. The Hall–Kier alpha value is -1.77. The van der Waals surface area contributed by atoms with Crippen molar-refractivity contribution in [3.8, 4) is 5.75 Å². The van der Waals surface area contributed by atoms with Crippen LogP contribution in [0, 0.1) is 20.8 Å². The van der Waals surface area contributed by atoms with Gasteiger partial charge in [-0.25, -0.2) is 0 Å². The molecule has 6 nitrogen and oxygen atoms in total. The Kier molecular flexibility index (Phi) is 12.4. The monoisotopic (exact) mass is 513 g/mol. The number of rotatable bonds is 11. The second-order valence-electron chi connectivity index (χ2n) is 7.06. The van der Waals surface area contributed by atoms with E-state index in [0.29, 0.717) is 0 Å². The highest BCUT2D eigenvalue weighted by Crippen LogP contribution is 2.11. The summed E-state index contributed by atoms with van der Waals surface area (Å²) in [4.78, 5) is 4.66. The number of aryl methyl sites for hydroxylation is 4. The van der Waals surface area contributed by atoms with Crippen molar-refractivity contribution in [1.82, 2.24) is 20.4 Å². The lowest BCUT2D eigenvalue weighted by Crippen LogP contribution is -2.38. The molecule has 0 saturated heterocycles. The van der Waals surface area contributed by atoms with Crippen LogP contribution in [0.3, 0.4) is 0 Å². The average molecular weight is 513 g/mol. The zero-order chi connectivity index (χ0) is 20.2. The zero-order valence-corrected chi connectivity index (χ0v) is 20.5. The third kappa shape index (κ3) is 10.0. The first-order valence-corrected chi connectivity index (χ1v) is 10.3. The molecule has 29 heavy (non-hydrogen) atoms. The highest BCUT2D eigenvalue weighted by molar-refractivity contribution is 14.0. The lowest BCUT2D eigenvalue weighted by atomic mass is 10.2. The maximum Gasteiger partial charge on any atom is 0.191 e. The van der Waals surface area contributed by atoms with Crippen molar-refractivity contribution in [3.63, 3.8) is 0 Å².